The van der Waals surface area contributed by atoms with Gasteiger partial charge in [0.2, 0.25) is 5.88 Å². The van der Waals surface area contributed by atoms with Crippen molar-refractivity contribution in [2.24, 2.45) is 14.1 Å². The van der Waals surface area contributed by atoms with E-state index in [1.165, 1.54) is 17.2 Å². The Morgan fingerprint density at radius 2 is 1.71 bits per heavy atom. The Morgan fingerprint density at radius 3 is 2.48 bits per heavy atom. The van der Waals surface area contributed by atoms with E-state index >= 15 is 0 Å². The van der Waals surface area contributed by atoms with Crippen LogP contribution < -0.4 is 31.9 Å². The Kier molecular flexibility index (Phi) is 8.47. The maximum atomic E-state index is 13.2. The summed E-state index contributed by atoms with van der Waals surface area (Å²) in [5.74, 6) is 1.19. The molecule has 2 aliphatic heterocycles. The molecule has 8 rings (SSSR count). The minimum Gasteiger partial charge on any atom is -0.481 e. The number of aromatic nitrogens is 5. The minimum atomic E-state index is -0.521. The molecule has 2 aromatic carbocycles. The van der Waals surface area contributed by atoms with Gasteiger partial charge in [0.1, 0.15) is 17.0 Å². The highest BCUT2D eigenvalue weighted by Gasteiger charge is 2.45. The number of benzene rings is 2. The van der Waals surface area contributed by atoms with Gasteiger partial charge in [-0.25, -0.2) is 24.5 Å². The van der Waals surface area contributed by atoms with E-state index in [0.717, 1.165) is 54.5 Å². The van der Waals surface area contributed by atoms with Gasteiger partial charge >= 0.3 is 11.7 Å². The number of halogens is 2. The van der Waals surface area contributed by atoms with Crippen molar-refractivity contribution in [3.05, 3.63) is 90.3 Å². The summed E-state index contributed by atoms with van der Waals surface area (Å²) in [6.07, 6.45) is 3.62. The summed E-state index contributed by atoms with van der Waals surface area (Å²) in [5.41, 5.74) is 4.55. The number of pyridine rings is 1. The van der Waals surface area contributed by atoms with Crippen LogP contribution in [0.2, 0.25) is 10.0 Å². The second kappa shape index (κ2) is 12.9. The molecule has 3 aliphatic rings. The second-order valence-electron chi connectivity index (χ2n) is 13.8. The number of ether oxygens (including phenoxy) is 1. The summed E-state index contributed by atoms with van der Waals surface area (Å²) in [4.78, 5) is 54.3. The van der Waals surface area contributed by atoms with Crippen LogP contribution >= 0.6 is 23.2 Å². The van der Waals surface area contributed by atoms with E-state index in [-0.39, 0.29) is 34.5 Å². The van der Waals surface area contributed by atoms with Crippen LogP contribution in [0, 0.1) is 6.92 Å². The molecular weight excluding hydrogens is 705 g/mol. The van der Waals surface area contributed by atoms with Crippen LogP contribution in [-0.2, 0) is 20.5 Å². The van der Waals surface area contributed by atoms with Crippen LogP contribution in [0.15, 0.2) is 52.1 Å². The van der Waals surface area contributed by atoms with Crippen LogP contribution in [-0.4, -0.2) is 67.3 Å². The van der Waals surface area contributed by atoms with E-state index in [1.807, 2.05) is 30.3 Å². The molecule has 1 spiro atoms. The van der Waals surface area contributed by atoms with E-state index in [0.29, 0.717) is 50.8 Å². The molecule has 52 heavy (non-hydrogen) atoms. The number of nitrogens with zero attached hydrogens (tertiary/aromatic N) is 6. The summed E-state index contributed by atoms with van der Waals surface area (Å²) in [5, 5.41) is 10.3. The molecule has 5 aromatic rings. The van der Waals surface area contributed by atoms with Gasteiger partial charge in [0.15, 0.2) is 5.65 Å². The van der Waals surface area contributed by atoms with Gasteiger partial charge in [-0.1, -0.05) is 53.5 Å². The van der Waals surface area contributed by atoms with Crippen molar-refractivity contribution in [3.63, 3.8) is 0 Å². The average Bonchev–Trinajstić information content (AvgIpc) is 3.74. The Balaban J connectivity index is 1.13. The maximum absolute atomic E-state index is 13.2. The Labute approximate surface area is 309 Å². The predicted molar refractivity (Wildman–Crippen MR) is 201 cm³/mol. The smallest absolute Gasteiger partial charge is 0.332 e. The zero-order valence-corrected chi connectivity index (χ0v) is 30.7. The number of fused-ring (bicyclic) bond motifs is 2. The number of rotatable bonds is 6. The molecule has 3 N–H and O–H groups in total. The van der Waals surface area contributed by atoms with Gasteiger partial charge in [0.25, 0.3) is 5.56 Å². The highest BCUT2D eigenvalue weighted by atomic mass is 35.5. The first-order valence-electron chi connectivity index (χ1n) is 17.2. The lowest BCUT2D eigenvalue weighted by molar-refractivity contribution is 0.187. The second-order valence-corrected chi connectivity index (χ2v) is 14.5. The van der Waals surface area contributed by atoms with Gasteiger partial charge in [0.05, 0.1) is 34.1 Å². The SMILES string of the molecule is COc1nc(-c2cccc(-c3cccc(Nc4nc(C)nc5c4c(=O)n(C)c(=O)n5C)c3Cl)c2Cl)cc2c1[C@@H](N1CC[C@@]3(CCNC(=O)N3)C1)CC2. The standard InChI is InChI=1S/C37H37Cl2N9O4/c1-19-41-31(28-32(42-19)46(2)36(51)47(3)34(28)49)43-24-10-6-8-22(30(24)39)21-7-5-9-23(29(21)38)25-17-20-11-12-26(27(20)33(44-25)52-4)48-16-14-37(18-48)13-15-40-35(50)45-37/h5-10,17,26H,11-16,18H2,1-4H3,(H2,40,45,50)(H,41,42,43)/t26-,37-/m0/s1. The number of methoxy groups -OCH3 is 1. The largest absolute Gasteiger partial charge is 0.481 e. The van der Waals surface area contributed by atoms with Gasteiger partial charge in [-0.05, 0) is 50.3 Å². The van der Waals surface area contributed by atoms with E-state index in [4.69, 9.17) is 32.9 Å². The molecule has 268 valence electrons. The first-order valence-corrected chi connectivity index (χ1v) is 17.9. The van der Waals surface area contributed by atoms with Crippen molar-refractivity contribution >= 4 is 51.8 Å². The van der Waals surface area contributed by atoms with Crippen LogP contribution in [0.3, 0.4) is 0 Å². The molecule has 0 radical (unpaired) electrons. The zero-order valence-electron chi connectivity index (χ0n) is 29.1. The normalized spacial score (nSPS) is 19.9. The van der Waals surface area contributed by atoms with Crippen LogP contribution in [0.4, 0.5) is 16.3 Å². The van der Waals surface area contributed by atoms with Crippen molar-refractivity contribution in [3.8, 4) is 28.3 Å². The van der Waals surface area contributed by atoms with Gasteiger partial charge in [-0.3, -0.25) is 18.8 Å². The van der Waals surface area contributed by atoms with Crippen molar-refractivity contribution < 1.29 is 9.53 Å². The molecular formula is C37H37Cl2N9O4. The van der Waals surface area contributed by atoms with Crippen molar-refractivity contribution in [2.75, 3.05) is 32.1 Å². The summed E-state index contributed by atoms with van der Waals surface area (Å²) in [7, 11) is 4.63. The fourth-order valence-corrected chi connectivity index (χ4v) is 8.64. The Bertz CT molecular complexity index is 2430. The third kappa shape index (κ3) is 5.58. The monoisotopic (exact) mass is 741 g/mol. The third-order valence-corrected chi connectivity index (χ3v) is 11.5. The number of nitrogens with one attached hydrogen (secondary N) is 3. The number of amides is 2. The Hall–Kier alpha value is -4.98. The molecule has 3 aromatic heterocycles. The van der Waals surface area contributed by atoms with Crippen LogP contribution in [0.1, 0.15) is 42.3 Å². The van der Waals surface area contributed by atoms with Gasteiger partial charge in [0, 0.05) is 62.0 Å². The lowest BCUT2D eigenvalue weighted by atomic mass is 9.93. The van der Waals surface area contributed by atoms with Crippen LogP contribution in [0.25, 0.3) is 33.4 Å². The number of carbonyl (C=O) groups excluding carboxylic acids is 1. The highest BCUT2D eigenvalue weighted by Crippen LogP contribution is 2.47. The summed E-state index contributed by atoms with van der Waals surface area (Å²) in [6.45, 7) is 4.06. The molecule has 13 nitrogen and oxygen atoms in total. The van der Waals surface area contributed by atoms with E-state index in [2.05, 4.69) is 36.9 Å². The summed E-state index contributed by atoms with van der Waals surface area (Å²) >= 11 is 14.3. The zero-order chi connectivity index (χ0) is 36.5. The third-order valence-electron chi connectivity index (χ3n) is 10.6. The minimum absolute atomic E-state index is 0.0946. The molecule has 5 heterocycles. The number of urea groups is 1. The van der Waals surface area contributed by atoms with Gasteiger partial charge in [-0.2, -0.15) is 0 Å². The van der Waals surface area contributed by atoms with Crippen molar-refractivity contribution in [1.82, 2.24) is 39.6 Å². The average molecular weight is 743 g/mol. The number of anilines is 2. The fourth-order valence-electron chi connectivity index (χ4n) is 8.04. The number of hydrogen-bond donors (Lipinski definition) is 3. The van der Waals surface area contributed by atoms with Crippen molar-refractivity contribution in [1.29, 1.82) is 0 Å². The number of carbonyl (C=O) groups is 1. The fraction of sp³-hybridized carbons (Fsp3) is 0.351. The van der Waals surface area contributed by atoms with E-state index in [9.17, 15) is 14.4 Å². The molecule has 2 amide bonds. The summed E-state index contributed by atoms with van der Waals surface area (Å²) < 4.78 is 8.28. The van der Waals surface area contributed by atoms with Crippen LogP contribution in [0.5, 0.6) is 5.88 Å². The highest BCUT2D eigenvalue weighted by molar-refractivity contribution is 6.39. The topological polar surface area (TPSA) is 148 Å². The molecule has 1 aliphatic carbocycles. The molecule has 15 heteroatoms. The predicted octanol–water partition coefficient (Wildman–Crippen LogP) is 5.26. The van der Waals surface area contributed by atoms with E-state index in [1.54, 1.807) is 27.1 Å². The van der Waals surface area contributed by atoms with Gasteiger partial charge < -0.3 is 20.7 Å². The quantitative estimate of drug-likeness (QED) is 0.212. The lowest BCUT2D eigenvalue weighted by Crippen LogP contribution is -2.59. The first-order chi connectivity index (χ1) is 25.0. The number of aryl methyl sites for hydroxylation is 3. The molecule has 0 saturated carbocycles. The molecule has 0 unspecified atom stereocenters. The number of hydrogen-bond acceptors (Lipinski definition) is 9. The summed E-state index contributed by atoms with van der Waals surface area (Å²) in [6, 6.07) is 13.4. The molecule has 0 bridgehead atoms. The molecule has 2 saturated heterocycles. The lowest BCUT2D eigenvalue weighted by Gasteiger charge is -2.36. The first kappa shape index (κ1) is 34.1. The Morgan fingerprint density at radius 1 is 0.962 bits per heavy atom. The maximum Gasteiger partial charge on any atom is 0.332 e. The number of likely N-dealkylation sites (tertiary alicyclic amines) is 1. The van der Waals surface area contributed by atoms with Crippen molar-refractivity contribution in [2.45, 2.75) is 44.2 Å². The van der Waals surface area contributed by atoms with E-state index < -0.39 is 11.2 Å². The molecule has 2 atom stereocenters. The molecule has 2 fully saturated rings. The van der Waals surface area contributed by atoms with Gasteiger partial charge in [-0.15, -0.1) is 0 Å².